The van der Waals surface area contributed by atoms with E-state index in [0.717, 1.165) is 38.8 Å². The molecule has 124 valence electrons. The van der Waals surface area contributed by atoms with Crippen molar-refractivity contribution in [1.82, 2.24) is 4.90 Å². The Balaban J connectivity index is 4.48. The average Bonchev–Trinajstić information content (AvgIpc) is 2.43. The first kappa shape index (κ1) is 19.9. The third-order valence-electron chi connectivity index (χ3n) is 3.76. The monoisotopic (exact) mass is 299 g/mol. The molecule has 2 amide bonds. The van der Waals surface area contributed by atoms with Gasteiger partial charge in [-0.25, -0.2) is 0 Å². The third kappa shape index (κ3) is 10.3. The number of primary amides is 2. The lowest BCUT2D eigenvalue weighted by atomic mass is 10.1. The summed E-state index contributed by atoms with van der Waals surface area (Å²) in [7, 11) is 0. The molecule has 1 atom stereocenters. The van der Waals surface area contributed by atoms with Crippen LogP contribution in [0.4, 0.5) is 0 Å². The van der Waals surface area contributed by atoms with Gasteiger partial charge in [-0.2, -0.15) is 0 Å². The summed E-state index contributed by atoms with van der Waals surface area (Å²) in [6, 6.07) is -0.550. The Morgan fingerprint density at radius 2 is 1.33 bits per heavy atom. The zero-order chi connectivity index (χ0) is 16.1. The first-order valence-electron chi connectivity index (χ1n) is 8.34. The second kappa shape index (κ2) is 12.6. The summed E-state index contributed by atoms with van der Waals surface area (Å²) < 4.78 is 0. The van der Waals surface area contributed by atoms with Crippen molar-refractivity contribution in [2.24, 2.45) is 11.5 Å². The number of hydrogen-bond acceptors (Lipinski definition) is 3. The van der Waals surface area contributed by atoms with E-state index in [1.54, 1.807) is 0 Å². The van der Waals surface area contributed by atoms with E-state index in [1.165, 1.54) is 25.7 Å². The van der Waals surface area contributed by atoms with Gasteiger partial charge < -0.3 is 11.5 Å². The Labute approximate surface area is 129 Å². The summed E-state index contributed by atoms with van der Waals surface area (Å²) in [5.41, 5.74) is 10.7. The molecule has 0 aliphatic rings. The molecule has 0 fully saturated rings. The molecule has 0 bridgehead atoms. The Morgan fingerprint density at radius 3 is 1.67 bits per heavy atom. The summed E-state index contributed by atoms with van der Waals surface area (Å²) in [4.78, 5) is 24.8. The maximum absolute atomic E-state index is 11.6. The van der Waals surface area contributed by atoms with Crippen molar-refractivity contribution in [2.75, 3.05) is 13.1 Å². The van der Waals surface area contributed by atoms with Gasteiger partial charge in [0.1, 0.15) is 0 Å². The Bertz CT molecular complexity index is 283. The highest BCUT2D eigenvalue weighted by Crippen LogP contribution is 2.11. The van der Waals surface area contributed by atoms with E-state index in [1.807, 2.05) is 0 Å². The van der Waals surface area contributed by atoms with Crippen molar-refractivity contribution in [3.8, 4) is 0 Å². The van der Waals surface area contributed by atoms with Gasteiger partial charge in [0, 0.05) is 0 Å². The molecular formula is C16H33N3O2. The summed E-state index contributed by atoms with van der Waals surface area (Å²) in [6.07, 6.45) is 9.12. The molecule has 0 aliphatic carbocycles. The highest BCUT2D eigenvalue weighted by Gasteiger charge is 2.24. The quantitative estimate of drug-likeness (QED) is 0.482. The lowest BCUT2D eigenvalue weighted by Crippen LogP contribution is -2.47. The first-order valence-corrected chi connectivity index (χ1v) is 8.34. The molecule has 0 aromatic rings. The van der Waals surface area contributed by atoms with Crippen LogP contribution in [0, 0.1) is 0 Å². The van der Waals surface area contributed by atoms with Gasteiger partial charge >= 0.3 is 0 Å². The number of carbonyl (C=O) groups is 2. The normalized spacial score (nSPS) is 12.5. The van der Waals surface area contributed by atoms with E-state index in [-0.39, 0.29) is 6.42 Å². The number of carbonyl (C=O) groups excluding carboxylic acids is 2. The predicted molar refractivity (Wildman–Crippen MR) is 86.7 cm³/mol. The number of unbranched alkanes of at least 4 members (excludes halogenated alkanes) is 6. The van der Waals surface area contributed by atoms with Crippen LogP contribution in [0.15, 0.2) is 0 Å². The molecule has 0 spiro atoms. The van der Waals surface area contributed by atoms with Gasteiger partial charge in [-0.15, -0.1) is 0 Å². The topological polar surface area (TPSA) is 89.4 Å². The molecule has 21 heavy (non-hydrogen) atoms. The van der Waals surface area contributed by atoms with Crippen molar-refractivity contribution < 1.29 is 9.59 Å². The molecule has 5 heteroatoms. The zero-order valence-corrected chi connectivity index (χ0v) is 13.8. The average molecular weight is 299 g/mol. The lowest BCUT2D eigenvalue weighted by Gasteiger charge is -2.29. The number of nitrogens with two attached hydrogens (primary N) is 2. The number of nitrogens with zero attached hydrogens (tertiary/aromatic N) is 1. The fourth-order valence-electron chi connectivity index (χ4n) is 2.51. The van der Waals surface area contributed by atoms with Crippen molar-refractivity contribution in [3.05, 3.63) is 0 Å². The van der Waals surface area contributed by atoms with E-state index in [0.29, 0.717) is 0 Å². The summed E-state index contributed by atoms with van der Waals surface area (Å²) in [5, 5.41) is 0. The van der Waals surface area contributed by atoms with E-state index >= 15 is 0 Å². The summed E-state index contributed by atoms with van der Waals surface area (Å²) in [6.45, 7) is 5.96. The van der Waals surface area contributed by atoms with E-state index in [2.05, 4.69) is 18.7 Å². The highest BCUT2D eigenvalue weighted by atomic mass is 16.2. The van der Waals surface area contributed by atoms with Gasteiger partial charge in [-0.1, -0.05) is 52.4 Å². The molecule has 0 heterocycles. The maximum Gasteiger partial charge on any atom is 0.235 e. The molecule has 0 unspecified atom stereocenters. The van der Waals surface area contributed by atoms with Crippen molar-refractivity contribution in [3.63, 3.8) is 0 Å². The van der Waals surface area contributed by atoms with Gasteiger partial charge in [0.15, 0.2) is 0 Å². The predicted octanol–water partition coefficient (Wildman–Crippen LogP) is 2.18. The van der Waals surface area contributed by atoms with Gasteiger partial charge in [-0.05, 0) is 25.9 Å². The van der Waals surface area contributed by atoms with Crippen molar-refractivity contribution in [2.45, 2.75) is 77.7 Å². The van der Waals surface area contributed by atoms with Gasteiger partial charge in [0.05, 0.1) is 12.5 Å². The third-order valence-corrected chi connectivity index (χ3v) is 3.76. The van der Waals surface area contributed by atoms with Gasteiger partial charge in [0.2, 0.25) is 11.8 Å². The smallest absolute Gasteiger partial charge is 0.235 e. The second-order valence-corrected chi connectivity index (χ2v) is 5.75. The fraction of sp³-hybridized carbons (Fsp3) is 0.875. The van der Waals surface area contributed by atoms with E-state index in [4.69, 9.17) is 11.5 Å². The number of hydrogen-bond donors (Lipinski definition) is 2. The molecule has 4 N–H and O–H groups in total. The van der Waals surface area contributed by atoms with Crippen LogP contribution in [0.3, 0.4) is 0 Å². The van der Waals surface area contributed by atoms with Gasteiger partial charge in [0.25, 0.3) is 0 Å². The minimum Gasteiger partial charge on any atom is -0.370 e. The molecule has 0 saturated heterocycles. The van der Waals surface area contributed by atoms with Crippen molar-refractivity contribution >= 4 is 11.8 Å². The van der Waals surface area contributed by atoms with Crippen LogP contribution >= 0.6 is 0 Å². The molecule has 0 aromatic carbocycles. The molecule has 0 saturated carbocycles. The van der Waals surface area contributed by atoms with E-state index in [9.17, 15) is 9.59 Å². The minimum atomic E-state index is -0.550. The molecule has 5 nitrogen and oxygen atoms in total. The minimum absolute atomic E-state index is 0.0247. The summed E-state index contributed by atoms with van der Waals surface area (Å²) in [5.74, 6) is -0.911. The highest BCUT2D eigenvalue weighted by molar-refractivity contribution is 5.86. The van der Waals surface area contributed by atoms with E-state index < -0.39 is 17.9 Å². The second-order valence-electron chi connectivity index (χ2n) is 5.75. The Hall–Kier alpha value is -1.10. The van der Waals surface area contributed by atoms with Gasteiger partial charge in [-0.3, -0.25) is 14.5 Å². The lowest BCUT2D eigenvalue weighted by molar-refractivity contribution is -0.128. The molecule has 0 rings (SSSR count). The van der Waals surface area contributed by atoms with Crippen LogP contribution in [0.2, 0.25) is 0 Å². The van der Waals surface area contributed by atoms with Crippen LogP contribution in [-0.4, -0.2) is 35.8 Å². The molecule has 0 radical (unpaired) electrons. The summed E-state index contributed by atoms with van der Waals surface area (Å²) >= 11 is 0. The molecule has 0 aliphatic heterocycles. The first-order chi connectivity index (χ1) is 10.0. The Kier molecular flexibility index (Phi) is 12.0. The van der Waals surface area contributed by atoms with Crippen LogP contribution in [-0.2, 0) is 9.59 Å². The fourth-order valence-corrected chi connectivity index (χ4v) is 2.51. The maximum atomic E-state index is 11.6. The van der Waals surface area contributed by atoms with Crippen LogP contribution in [0.25, 0.3) is 0 Å². The largest absolute Gasteiger partial charge is 0.370 e. The number of rotatable bonds is 14. The van der Waals surface area contributed by atoms with Crippen molar-refractivity contribution in [1.29, 1.82) is 0 Å². The van der Waals surface area contributed by atoms with Crippen LogP contribution in [0.1, 0.15) is 71.6 Å². The molecular weight excluding hydrogens is 266 g/mol. The van der Waals surface area contributed by atoms with Crippen LogP contribution < -0.4 is 11.5 Å². The Morgan fingerprint density at radius 1 is 0.857 bits per heavy atom. The standard InChI is InChI=1S/C16H33N3O2/c1-3-5-7-9-11-19(12-10-8-6-4-2)14(16(18)21)13-15(17)20/h14H,3-13H2,1-2H3,(H2,17,20)(H2,18,21)/t14-/m0/s1. The number of amides is 2. The molecule has 0 aromatic heterocycles. The van der Waals surface area contributed by atoms with Crippen LogP contribution in [0.5, 0.6) is 0 Å². The zero-order valence-electron chi connectivity index (χ0n) is 13.8. The SMILES string of the molecule is CCCCCCN(CCCCCC)[C@@H](CC(N)=O)C(N)=O.